The molecule has 0 heterocycles. The Morgan fingerprint density at radius 2 is 2.00 bits per heavy atom. The van der Waals surface area contributed by atoms with E-state index in [0.29, 0.717) is 10.2 Å². The molecule has 2 amide bonds. The van der Waals surface area contributed by atoms with Crippen molar-refractivity contribution in [2.75, 3.05) is 13.7 Å². The highest BCUT2D eigenvalue weighted by Gasteiger charge is 2.20. The van der Waals surface area contributed by atoms with Crippen LogP contribution in [0.2, 0.25) is 0 Å². The fraction of sp³-hybridized carbons (Fsp3) is 0.357. The molecule has 0 aromatic heterocycles. The summed E-state index contributed by atoms with van der Waals surface area (Å²) in [5.41, 5.74) is 1.04. The summed E-state index contributed by atoms with van der Waals surface area (Å²) in [6.45, 7) is 2.89. The number of hydrogen-bond acceptors (Lipinski definition) is 6. The van der Waals surface area contributed by atoms with E-state index in [-0.39, 0.29) is 6.61 Å². The van der Waals surface area contributed by atoms with Gasteiger partial charge in [-0.3, -0.25) is 10.1 Å². The van der Waals surface area contributed by atoms with Gasteiger partial charge in [0.15, 0.2) is 12.7 Å². The fourth-order valence-corrected chi connectivity index (χ4v) is 2.01. The highest BCUT2D eigenvalue weighted by molar-refractivity contribution is 9.10. The maximum atomic E-state index is 11.6. The van der Waals surface area contributed by atoms with Crippen LogP contribution < -0.4 is 10.1 Å². The molecule has 1 atom stereocenters. The second-order valence-electron chi connectivity index (χ2n) is 4.34. The van der Waals surface area contributed by atoms with Crippen molar-refractivity contribution in [2.24, 2.45) is 0 Å². The quantitative estimate of drug-likeness (QED) is 0.793. The number of rotatable bonds is 5. The van der Waals surface area contributed by atoms with Crippen molar-refractivity contribution in [3.8, 4) is 5.75 Å². The van der Waals surface area contributed by atoms with Crippen LogP contribution in [0, 0.1) is 6.92 Å². The molecule has 0 fully saturated rings. The van der Waals surface area contributed by atoms with Gasteiger partial charge < -0.3 is 14.2 Å². The largest absolute Gasteiger partial charge is 0.481 e. The van der Waals surface area contributed by atoms with Crippen LogP contribution in [0.15, 0.2) is 22.7 Å². The second kappa shape index (κ2) is 8.38. The molecule has 22 heavy (non-hydrogen) atoms. The minimum Gasteiger partial charge on any atom is -0.481 e. The van der Waals surface area contributed by atoms with Gasteiger partial charge in [-0.15, -0.1) is 0 Å². The molecule has 1 aromatic carbocycles. The Hall–Kier alpha value is -2.09. The summed E-state index contributed by atoms with van der Waals surface area (Å²) in [5, 5.41) is 1.90. The highest BCUT2D eigenvalue weighted by Crippen LogP contribution is 2.25. The van der Waals surface area contributed by atoms with E-state index in [0.717, 1.165) is 12.7 Å². The first-order valence-electron chi connectivity index (χ1n) is 6.30. The Bertz CT molecular complexity index is 574. The standard InChI is InChI=1S/C14H16BrNO6/c1-8-4-5-11(10(15)6-8)21-7-12(17)22-9(2)13(18)16-14(19)20-3/h4-6,9H,7H2,1-3H3,(H,16,18,19)/t9-/m0/s1. The second-order valence-corrected chi connectivity index (χ2v) is 5.19. The molecule has 0 radical (unpaired) electrons. The van der Waals surface area contributed by atoms with Crippen LogP contribution in [0.3, 0.4) is 0 Å². The number of ether oxygens (including phenoxy) is 3. The Kier molecular flexibility index (Phi) is 6.84. The first-order chi connectivity index (χ1) is 10.3. The lowest BCUT2D eigenvalue weighted by atomic mass is 10.2. The number of halogens is 1. The van der Waals surface area contributed by atoms with Gasteiger partial charge in [-0.25, -0.2) is 9.59 Å². The average molecular weight is 374 g/mol. The molecule has 0 bridgehead atoms. The Morgan fingerprint density at radius 1 is 1.32 bits per heavy atom. The van der Waals surface area contributed by atoms with Crippen molar-refractivity contribution in [2.45, 2.75) is 20.0 Å². The van der Waals surface area contributed by atoms with E-state index in [4.69, 9.17) is 9.47 Å². The maximum absolute atomic E-state index is 11.6. The monoisotopic (exact) mass is 373 g/mol. The van der Waals surface area contributed by atoms with Crippen LogP contribution in [0.5, 0.6) is 5.75 Å². The van der Waals surface area contributed by atoms with Crippen LogP contribution in [-0.4, -0.2) is 37.8 Å². The summed E-state index contributed by atoms with van der Waals surface area (Å²) in [7, 11) is 1.12. The highest BCUT2D eigenvalue weighted by atomic mass is 79.9. The lowest BCUT2D eigenvalue weighted by Crippen LogP contribution is -2.40. The molecular formula is C14H16BrNO6. The minimum absolute atomic E-state index is 0.364. The van der Waals surface area contributed by atoms with E-state index in [1.165, 1.54) is 6.92 Å². The predicted octanol–water partition coefficient (Wildman–Crippen LogP) is 1.95. The zero-order chi connectivity index (χ0) is 16.7. The van der Waals surface area contributed by atoms with Crippen molar-refractivity contribution in [1.29, 1.82) is 0 Å². The molecule has 0 saturated carbocycles. The van der Waals surface area contributed by atoms with E-state index in [1.807, 2.05) is 24.4 Å². The van der Waals surface area contributed by atoms with Crippen molar-refractivity contribution < 1.29 is 28.6 Å². The topological polar surface area (TPSA) is 90.9 Å². The number of aryl methyl sites for hydroxylation is 1. The van der Waals surface area contributed by atoms with Crippen LogP contribution in [0.25, 0.3) is 0 Å². The third-order valence-electron chi connectivity index (χ3n) is 2.52. The lowest BCUT2D eigenvalue weighted by Gasteiger charge is -2.13. The number of benzene rings is 1. The van der Waals surface area contributed by atoms with Gasteiger partial charge in [0.1, 0.15) is 5.75 Å². The summed E-state index contributed by atoms with van der Waals surface area (Å²) in [6.07, 6.45) is -2.07. The first-order valence-corrected chi connectivity index (χ1v) is 7.10. The molecular weight excluding hydrogens is 358 g/mol. The lowest BCUT2D eigenvalue weighted by molar-refractivity contribution is -0.156. The van der Waals surface area contributed by atoms with Gasteiger partial charge in [-0.05, 0) is 47.5 Å². The SMILES string of the molecule is COC(=O)NC(=O)[C@H](C)OC(=O)COc1ccc(C)cc1Br. The zero-order valence-corrected chi connectivity index (χ0v) is 13.9. The zero-order valence-electron chi connectivity index (χ0n) is 12.3. The van der Waals surface area contributed by atoms with Crippen molar-refractivity contribution in [3.05, 3.63) is 28.2 Å². The molecule has 7 nitrogen and oxygen atoms in total. The summed E-state index contributed by atoms with van der Waals surface area (Å²) in [6, 6.07) is 5.38. The van der Waals surface area contributed by atoms with E-state index in [1.54, 1.807) is 6.07 Å². The number of amides is 2. The molecule has 8 heteroatoms. The van der Waals surface area contributed by atoms with Crippen LogP contribution in [0.4, 0.5) is 4.79 Å². The number of alkyl carbamates (subject to hydrolysis) is 1. The molecule has 0 aliphatic carbocycles. The smallest absolute Gasteiger partial charge is 0.413 e. The maximum Gasteiger partial charge on any atom is 0.413 e. The molecule has 0 aliphatic rings. The third-order valence-corrected chi connectivity index (χ3v) is 3.14. The van der Waals surface area contributed by atoms with Gasteiger partial charge >= 0.3 is 12.1 Å². The molecule has 1 aromatic rings. The van der Waals surface area contributed by atoms with Gasteiger partial charge in [-0.2, -0.15) is 0 Å². The van der Waals surface area contributed by atoms with Gasteiger partial charge in [0.25, 0.3) is 5.91 Å². The molecule has 0 spiro atoms. The first kappa shape index (κ1) is 18.0. The molecule has 0 saturated heterocycles. The van der Waals surface area contributed by atoms with Gasteiger partial charge in [0, 0.05) is 0 Å². The fourth-order valence-electron chi connectivity index (χ4n) is 1.40. The minimum atomic E-state index is -1.14. The number of carbonyl (C=O) groups excluding carboxylic acids is 3. The average Bonchev–Trinajstić information content (AvgIpc) is 2.45. The van der Waals surface area contributed by atoms with Crippen LogP contribution >= 0.6 is 15.9 Å². The molecule has 1 rings (SSSR count). The van der Waals surface area contributed by atoms with E-state index < -0.39 is 24.1 Å². The Labute approximate surface area is 136 Å². The van der Waals surface area contributed by atoms with E-state index in [9.17, 15) is 14.4 Å². The predicted molar refractivity (Wildman–Crippen MR) is 80.5 cm³/mol. The number of methoxy groups -OCH3 is 1. The Balaban J connectivity index is 2.45. The number of imide groups is 1. The van der Waals surface area contributed by atoms with Gasteiger partial charge in [0.05, 0.1) is 11.6 Å². The summed E-state index contributed by atoms with van der Waals surface area (Å²) in [4.78, 5) is 33.9. The summed E-state index contributed by atoms with van der Waals surface area (Å²) >= 11 is 3.31. The molecule has 0 unspecified atom stereocenters. The van der Waals surface area contributed by atoms with Crippen LogP contribution in [-0.2, 0) is 19.1 Å². The summed E-state index contributed by atoms with van der Waals surface area (Å²) < 4.78 is 15.1. The summed E-state index contributed by atoms with van der Waals surface area (Å²) in [5.74, 6) is -1.04. The van der Waals surface area contributed by atoms with E-state index in [2.05, 4.69) is 20.7 Å². The van der Waals surface area contributed by atoms with Crippen molar-refractivity contribution in [1.82, 2.24) is 5.32 Å². The number of esters is 1. The van der Waals surface area contributed by atoms with Crippen LogP contribution in [0.1, 0.15) is 12.5 Å². The van der Waals surface area contributed by atoms with Crippen molar-refractivity contribution >= 4 is 33.9 Å². The Morgan fingerprint density at radius 3 is 2.59 bits per heavy atom. The van der Waals surface area contributed by atoms with E-state index >= 15 is 0 Å². The molecule has 0 aliphatic heterocycles. The third kappa shape index (κ3) is 5.72. The number of hydrogen-bond donors (Lipinski definition) is 1. The van der Waals surface area contributed by atoms with Gasteiger partial charge in [0.2, 0.25) is 0 Å². The van der Waals surface area contributed by atoms with Crippen molar-refractivity contribution in [3.63, 3.8) is 0 Å². The number of nitrogens with one attached hydrogen (secondary N) is 1. The normalized spacial score (nSPS) is 11.3. The molecule has 1 N–H and O–H groups in total. The number of carbonyl (C=O) groups is 3. The molecule has 120 valence electrons. The van der Waals surface area contributed by atoms with Gasteiger partial charge in [-0.1, -0.05) is 6.07 Å².